The van der Waals surface area contributed by atoms with E-state index in [2.05, 4.69) is 66.3 Å². The quantitative estimate of drug-likeness (QED) is 0.660. The lowest BCUT2D eigenvalue weighted by molar-refractivity contribution is 0.533. The molecule has 0 saturated carbocycles. The van der Waals surface area contributed by atoms with E-state index in [0.717, 1.165) is 13.1 Å². The fraction of sp³-hybridized carbons (Fsp3) is 0.800. The zero-order valence-electron chi connectivity index (χ0n) is 16.1. The fourth-order valence-corrected chi connectivity index (χ4v) is 4.12. The topological polar surface area (TPSA) is 24.1 Å². The Bertz CT molecular complexity index is 413. The molecule has 1 unspecified atom stereocenters. The van der Waals surface area contributed by atoms with Crippen LogP contribution in [0.5, 0.6) is 0 Å². The van der Waals surface area contributed by atoms with Crippen molar-refractivity contribution >= 4 is 0 Å². The minimum absolute atomic E-state index is 0.623. The maximum absolute atomic E-state index is 3.36. The lowest BCUT2D eigenvalue weighted by Crippen LogP contribution is -2.19. The first-order chi connectivity index (χ1) is 10.4. The Hall–Kier alpha value is -0.600. The predicted octanol–water partition coefficient (Wildman–Crippen LogP) is 4.40. The molecule has 1 aliphatic carbocycles. The predicted molar refractivity (Wildman–Crippen MR) is 99.1 cm³/mol. The Labute approximate surface area is 138 Å². The van der Waals surface area contributed by atoms with Crippen molar-refractivity contribution in [3.8, 4) is 0 Å². The first kappa shape index (κ1) is 19.4. The molecule has 0 aromatic rings. The third-order valence-electron chi connectivity index (χ3n) is 4.85. The van der Waals surface area contributed by atoms with Crippen molar-refractivity contribution in [3.63, 3.8) is 0 Å². The molecule has 0 saturated heterocycles. The summed E-state index contributed by atoms with van der Waals surface area (Å²) in [4.78, 5) is 0. The minimum Gasteiger partial charge on any atom is -0.320 e. The Morgan fingerprint density at radius 3 is 1.73 bits per heavy atom. The molecule has 0 heterocycles. The van der Waals surface area contributed by atoms with Crippen LogP contribution in [-0.4, -0.2) is 27.2 Å². The Morgan fingerprint density at radius 2 is 1.32 bits per heavy atom. The van der Waals surface area contributed by atoms with Gasteiger partial charge in [-0.15, -0.1) is 0 Å². The van der Waals surface area contributed by atoms with Crippen molar-refractivity contribution in [2.75, 3.05) is 27.2 Å². The van der Waals surface area contributed by atoms with Gasteiger partial charge in [-0.25, -0.2) is 0 Å². The largest absolute Gasteiger partial charge is 0.320 e. The van der Waals surface area contributed by atoms with Gasteiger partial charge in [-0.3, -0.25) is 0 Å². The normalized spacial score (nSPS) is 19.5. The summed E-state index contributed by atoms with van der Waals surface area (Å²) in [6.45, 7) is 16.4. The lowest BCUT2D eigenvalue weighted by Gasteiger charge is -2.23. The summed E-state index contributed by atoms with van der Waals surface area (Å²) < 4.78 is 0. The maximum Gasteiger partial charge on any atom is 0.00341 e. The SMILES string of the molecule is CNCCC1=C(C(C)C)C(C(C)C)=C(C(C)C)C1CCNC. The van der Waals surface area contributed by atoms with Gasteiger partial charge in [0.2, 0.25) is 0 Å². The van der Waals surface area contributed by atoms with E-state index in [1.54, 1.807) is 22.3 Å². The summed E-state index contributed by atoms with van der Waals surface area (Å²) in [5, 5.41) is 6.71. The molecule has 0 fully saturated rings. The van der Waals surface area contributed by atoms with Gasteiger partial charge in [-0.2, -0.15) is 0 Å². The molecular formula is C20H38N2. The zero-order valence-corrected chi connectivity index (χ0v) is 16.1. The van der Waals surface area contributed by atoms with Gasteiger partial charge in [0.25, 0.3) is 0 Å². The van der Waals surface area contributed by atoms with Crippen molar-refractivity contribution in [1.29, 1.82) is 0 Å². The highest BCUT2D eigenvalue weighted by atomic mass is 14.8. The van der Waals surface area contributed by atoms with E-state index in [-0.39, 0.29) is 0 Å². The van der Waals surface area contributed by atoms with Crippen LogP contribution in [0.1, 0.15) is 54.4 Å². The summed E-state index contributed by atoms with van der Waals surface area (Å²) in [6, 6.07) is 0. The second-order valence-electron chi connectivity index (χ2n) is 7.57. The van der Waals surface area contributed by atoms with Gasteiger partial charge in [0.05, 0.1) is 0 Å². The highest BCUT2D eigenvalue weighted by Crippen LogP contribution is 2.48. The number of rotatable bonds is 9. The van der Waals surface area contributed by atoms with Crippen LogP contribution < -0.4 is 10.6 Å². The van der Waals surface area contributed by atoms with Crippen molar-refractivity contribution in [2.24, 2.45) is 23.7 Å². The van der Waals surface area contributed by atoms with Gasteiger partial charge in [0.1, 0.15) is 0 Å². The summed E-state index contributed by atoms with van der Waals surface area (Å²) in [5.41, 5.74) is 6.79. The molecule has 0 amide bonds. The van der Waals surface area contributed by atoms with E-state index in [4.69, 9.17) is 0 Å². The lowest BCUT2D eigenvalue weighted by atomic mass is 9.82. The van der Waals surface area contributed by atoms with E-state index in [9.17, 15) is 0 Å². The highest BCUT2D eigenvalue weighted by molar-refractivity contribution is 5.52. The summed E-state index contributed by atoms with van der Waals surface area (Å²) in [5.74, 6) is 2.53. The van der Waals surface area contributed by atoms with Gasteiger partial charge >= 0.3 is 0 Å². The third kappa shape index (κ3) is 4.23. The Kier molecular flexibility index (Phi) is 7.85. The van der Waals surface area contributed by atoms with Crippen LogP contribution in [-0.2, 0) is 0 Å². The summed E-state index contributed by atoms with van der Waals surface area (Å²) >= 11 is 0. The standard InChI is InChI=1S/C20H38N2/c1-13(2)18-16(9-11-21-7)17(10-12-22-8)19(14(3)4)20(18)15(5)6/h13-16,21-22H,9-12H2,1-8H3. The molecule has 0 spiro atoms. The summed E-state index contributed by atoms with van der Waals surface area (Å²) in [7, 11) is 4.13. The molecule has 0 aliphatic heterocycles. The molecule has 0 radical (unpaired) electrons. The summed E-state index contributed by atoms with van der Waals surface area (Å²) in [6.07, 6.45) is 2.42. The molecule has 1 aliphatic rings. The molecule has 128 valence electrons. The highest BCUT2D eigenvalue weighted by Gasteiger charge is 2.35. The minimum atomic E-state index is 0.623. The van der Waals surface area contributed by atoms with Gasteiger partial charge in [0, 0.05) is 5.92 Å². The maximum atomic E-state index is 3.36. The molecule has 0 bridgehead atoms. The van der Waals surface area contributed by atoms with Crippen molar-refractivity contribution < 1.29 is 0 Å². The van der Waals surface area contributed by atoms with Crippen LogP contribution in [0.4, 0.5) is 0 Å². The van der Waals surface area contributed by atoms with E-state index in [0.29, 0.717) is 23.7 Å². The molecule has 1 atom stereocenters. The molecule has 22 heavy (non-hydrogen) atoms. The molecular weight excluding hydrogens is 268 g/mol. The van der Waals surface area contributed by atoms with Crippen molar-refractivity contribution in [1.82, 2.24) is 10.6 Å². The van der Waals surface area contributed by atoms with Crippen LogP contribution in [0.3, 0.4) is 0 Å². The number of hydrogen-bond acceptors (Lipinski definition) is 2. The molecule has 0 aromatic heterocycles. The van der Waals surface area contributed by atoms with E-state index in [1.807, 2.05) is 0 Å². The molecule has 0 aromatic carbocycles. The number of nitrogens with one attached hydrogen (secondary N) is 2. The first-order valence-electron chi connectivity index (χ1n) is 9.13. The van der Waals surface area contributed by atoms with Crippen LogP contribution in [0.25, 0.3) is 0 Å². The van der Waals surface area contributed by atoms with Crippen LogP contribution in [0.2, 0.25) is 0 Å². The third-order valence-corrected chi connectivity index (χ3v) is 4.85. The number of hydrogen-bond donors (Lipinski definition) is 2. The van der Waals surface area contributed by atoms with Crippen molar-refractivity contribution in [2.45, 2.75) is 54.4 Å². The van der Waals surface area contributed by atoms with E-state index in [1.165, 1.54) is 12.8 Å². The second kappa shape index (κ2) is 8.88. The zero-order chi connectivity index (χ0) is 16.9. The second-order valence-corrected chi connectivity index (χ2v) is 7.57. The van der Waals surface area contributed by atoms with Crippen molar-refractivity contribution in [3.05, 3.63) is 22.3 Å². The van der Waals surface area contributed by atoms with Gasteiger partial charge in [0.15, 0.2) is 0 Å². The fourth-order valence-electron chi connectivity index (χ4n) is 4.12. The average Bonchev–Trinajstić information content (AvgIpc) is 2.77. The monoisotopic (exact) mass is 306 g/mol. The Balaban J connectivity index is 3.37. The van der Waals surface area contributed by atoms with Gasteiger partial charge in [-0.05, 0) is 68.9 Å². The van der Waals surface area contributed by atoms with Gasteiger partial charge < -0.3 is 10.6 Å². The molecule has 1 rings (SSSR count). The van der Waals surface area contributed by atoms with Crippen LogP contribution in [0.15, 0.2) is 22.3 Å². The van der Waals surface area contributed by atoms with Crippen LogP contribution >= 0.6 is 0 Å². The van der Waals surface area contributed by atoms with Gasteiger partial charge in [-0.1, -0.05) is 52.7 Å². The van der Waals surface area contributed by atoms with E-state index < -0.39 is 0 Å². The molecule has 2 nitrogen and oxygen atoms in total. The van der Waals surface area contributed by atoms with Crippen LogP contribution in [0, 0.1) is 23.7 Å². The molecule has 2 heteroatoms. The first-order valence-corrected chi connectivity index (χ1v) is 9.13. The van der Waals surface area contributed by atoms with E-state index >= 15 is 0 Å². The average molecular weight is 307 g/mol. The number of allylic oxidation sites excluding steroid dienone is 3. The smallest absolute Gasteiger partial charge is 0.00341 e. The molecule has 2 N–H and O–H groups in total. The Morgan fingerprint density at radius 1 is 0.773 bits per heavy atom.